The van der Waals surface area contributed by atoms with Crippen molar-refractivity contribution in [2.75, 3.05) is 5.75 Å². The van der Waals surface area contributed by atoms with Crippen molar-refractivity contribution in [1.82, 2.24) is 0 Å². The maximum Gasteiger partial charge on any atom is 0.452 e. The van der Waals surface area contributed by atoms with Crippen LogP contribution >= 0.6 is 21.6 Å². The summed E-state index contributed by atoms with van der Waals surface area (Å²) >= 11 is 0. The highest BCUT2D eigenvalue weighted by molar-refractivity contribution is 8.77. The molecule has 0 aliphatic carbocycles. The molecule has 0 aromatic carbocycles. The van der Waals surface area contributed by atoms with E-state index in [4.69, 9.17) is 0 Å². The van der Waals surface area contributed by atoms with Gasteiger partial charge in [0.15, 0.2) is 0 Å². The Morgan fingerprint density at radius 1 is 1.30 bits per heavy atom. The smallest absolute Gasteiger partial charge is 0.160 e. The summed E-state index contributed by atoms with van der Waals surface area (Å²) in [5.74, 6) is 0.584. The largest absolute Gasteiger partial charge is 0.452 e. The zero-order chi connectivity index (χ0) is 8.04. The van der Waals surface area contributed by atoms with Crippen molar-refractivity contribution in [3.05, 3.63) is 0 Å². The van der Waals surface area contributed by atoms with E-state index < -0.39 is 5.51 Å². The SMILES string of the molecule is CCCCSSC(F)(F)F. The summed E-state index contributed by atoms with van der Waals surface area (Å²) in [5.41, 5.74) is -4.07. The molecule has 0 fully saturated rings. The molecule has 0 rings (SSSR count). The average Bonchev–Trinajstić information content (AvgIpc) is 1.78. The van der Waals surface area contributed by atoms with Crippen molar-refractivity contribution >= 4 is 21.6 Å². The van der Waals surface area contributed by atoms with Gasteiger partial charge in [-0.25, -0.2) is 0 Å². The van der Waals surface area contributed by atoms with E-state index in [-0.39, 0.29) is 10.8 Å². The van der Waals surface area contributed by atoms with Crippen molar-refractivity contribution in [2.45, 2.75) is 25.3 Å². The predicted octanol–water partition coefficient (Wildman–Crippen LogP) is 3.69. The van der Waals surface area contributed by atoms with Crippen LogP contribution in [0.1, 0.15) is 19.8 Å². The van der Waals surface area contributed by atoms with Crippen molar-refractivity contribution in [2.24, 2.45) is 0 Å². The van der Waals surface area contributed by atoms with Crippen molar-refractivity contribution in [3.63, 3.8) is 0 Å². The van der Waals surface area contributed by atoms with Crippen LogP contribution in [0.3, 0.4) is 0 Å². The van der Waals surface area contributed by atoms with Crippen LogP contribution in [-0.4, -0.2) is 11.3 Å². The van der Waals surface area contributed by atoms with Crippen LogP contribution in [0.15, 0.2) is 0 Å². The highest BCUT2D eigenvalue weighted by Crippen LogP contribution is 2.39. The summed E-state index contributed by atoms with van der Waals surface area (Å²) < 4.78 is 34.3. The van der Waals surface area contributed by atoms with Gasteiger partial charge in [-0.1, -0.05) is 24.1 Å². The quantitative estimate of drug-likeness (QED) is 0.490. The normalized spacial score (nSPS) is 12.0. The molecule has 0 aromatic rings. The van der Waals surface area contributed by atoms with Gasteiger partial charge in [0, 0.05) is 16.5 Å². The topological polar surface area (TPSA) is 0 Å². The molecule has 62 valence electrons. The molecule has 0 N–H and O–H groups in total. The van der Waals surface area contributed by atoms with Gasteiger partial charge in [-0.2, -0.15) is 13.2 Å². The monoisotopic (exact) mass is 190 g/mol. The van der Waals surface area contributed by atoms with E-state index in [2.05, 4.69) is 0 Å². The molecule has 5 heteroatoms. The molecule has 0 nitrogen and oxygen atoms in total. The molecule has 0 heterocycles. The molecule has 0 radical (unpaired) electrons. The first kappa shape index (κ1) is 10.5. The molecular weight excluding hydrogens is 181 g/mol. The van der Waals surface area contributed by atoms with Crippen LogP contribution < -0.4 is 0 Å². The first-order valence-corrected chi connectivity index (χ1v) is 5.25. The molecule has 0 atom stereocenters. The summed E-state index contributed by atoms with van der Waals surface area (Å²) in [7, 11) is 0.867. The van der Waals surface area contributed by atoms with Gasteiger partial charge in [0.05, 0.1) is 0 Å². The Kier molecular flexibility index (Phi) is 5.44. The predicted molar refractivity (Wildman–Crippen MR) is 41.0 cm³/mol. The summed E-state index contributed by atoms with van der Waals surface area (Å²) in [6.45, 7) is 1.96. The third-order valence-electron chi connectivity index (χ3n) is 0.735. The second-order valence-corrected chi connectivity index (χ2v) is 4.19. The van der Waals surface area contributed by atoms with Crippen LogP contribution in [0, 0.1) is 0 Å². The third kappa shape index (κ3) is 8.49. The Morgan fingerprint density at radius 2 is 1.90 bits per heavy atom. The molecule has 0 saturated carbocycles. The Labute approximate surface area is 66.3 Å². The minimum Gasteiger partial charge on any atom is -0.160 e. The second kappa shape index (κ2) is 5.18. The maximum atomic E-state index is 11.4. The first-order valence-electron chi connectivity index (χ1n) is 2.93. The fourth-order valence-corrected chi connectivity index (χ4v) is 1.94. The van der Waals surface area contributed by atoms with Crippen molar-refractivity contribution < 1.29 is 13.2 Å². The summed E-state index contributed by atoms with van der Waals surface area (Å²) in [6, 6.07) is 0. The fraction of sp³-hybridized carbons (Fsp3) is 1.00. The van der Waals surface area contributed by atoms with Crippen LogP contribution in [0.25, 0.3) is 0 Å². The average molecular weight is 190 g/mol. The van der Waals surface area contributed by atoms with E-state index in [0.29, 0.717) is 5.75 Å². The van der Waals surface area contributed by atoms with Crippen LogP contribution in [0.4, 0.5) is 13.2 Å². The molecule has 0 unspecified atom stereocenters. The lowest BCUT2D eigenvalue weighted by Gasteiger charge is -2.02. The minimum atomic E-state index is -4.07. The molecule has 0 amide bonds. The van der Waals surface area contributed by atoms with Gasteiger partial charge in [0.2, 0.25) is 0 Å². The molecule has 0 saturated heterocycles. The van der Waals surface area contributed by atoms with E-state index in [1.165, 1.54) is 0 Å². The number of unbranched alkanes of at least 4 members (excludes halogenated alkanes) is 1. The Balaban J connectivity index is 3.04. The number of alkyl halides is 3. The molecule has 0 spiro atoms. The van der Waals surface area contributed by atoms with Gasteiger partial charge in [0.1, 0.15) is 0 Å². The molecular formula is C5H9F3S2. The number of rotatable bonds is 4. The van der Waals surface area contributed by atoms with Gasteiger partial charge in [0.25, 0.3) is 0 Å². The van der Waals surface area contributed by atoms with Gasteiger partial charge in [-0.15, -0.1) is 0 Å². The Hall–Kier alpha value is 0.490. The van der Waals surface area contributed by atoms with Gasteiger partial charge >= 0.3 is 5.51 Å². The Morgan fingerprint density at radius 3 is 2.30 bits per heavy atom. The fourth-order valence-electron chi connectivity index (χ4n) is 0.312. The minimum absolute atomic E-state index is 0.00981. The standard InChI is InChI=1S/C5H9F3S2/c1-2-3-4-9-10-5(6,7)8/h2-4H2,1H3. The number of halogens is 3. The number of hydrogen-bond acceptors (Lipinski definition) is 2. The molecule has 10 heavy (non-hydrogen) atoms. The lowest BCUT2D eigenvalue weighted by Crippen LogP contribution is -1.96. The van der Waals surface area contributed by atoms with Crippen LogP contribution in [0.2, 0.25) is 0 Å². The first-order chi connectivity index (χ1) is 4.56. The summed E-state index contributed by atoms with van der Waals surface area (Å²) in [4.78, 5) is 0. The van der Waals surface area contributed by atoms with Crippen LogP contribution in [0.5, 0.6) is 0 Å². The molecule has 0 bridgehead atoms. The third-order valence-corrected chi connectivity index (χ3v) is 2.92. The van der Waals surface area contributed by atoms with E-state index in [1.54, 1.807) is 0 Å². The highest BCUT2D eigenvalue weighted by atomic mass is 33.1. The zero-order valence-corrected chi connectivity index (χ0v) is 7.20. The van der Waals surface area contributed by atoms with Gasteiger partial charge < -0.3 is 0 Å². The lowest BCUT2D eigenvalue weighted by molar-refractivity contribution is -0.0311. The Bertz CT molecular complexity index is 81.5. The summed E-state index contributed by atoms with van der Waals surface area (Å²) in [6.07, 6.45) is 1.80. The van der Waals surface area contributed by atoms with E-state index in [9.17, 15) is 13.2 Å². The van der Waals surface area contributed by atoms with Crippen molar-refractivity contribution in [3.8, 4) is 0 Å². The lowest BCUT2D eigenvalue weighted by atomic mass is 10.4. The molecule has 0 aliphatic heterocycles. The highest BCUT2D eigenvalue weighted by Gasteiger charge is 2.28. The molecule has 0 aromatic heterocycles. The van der Waals surface area contributed by atoms with Crippen molar-refractivity contribution in [1.29, 1.82) is 0 Å². The van der Waals surface area contributed by atoms with Gasteiger partial charge in [-0.3, -0.25) is 0 Å². The summed E-state index contributed by atoms with van der Waals surface area (Å²) in [5, 5.41) is 0. The zero-order valence-electron chi connectivity index (χ0n) is 5.57. The molecule has 0 aliphatic rings. The van der Waals surface area contributed by atoms with Crippen LogP contribution in [-0.2, 0) is 0 Å². The van der Waals surface area contributed by atoms with E-state index in [0.717, 1.165) is 23.6 Å². The van der Waals surface area contributed by atoms with E-state index >= 15 is 0 Å². The van der Waals surface area contributed by atoms with Gasteiger partial charge in [-0.05, 0) is 6.42 Å². The second-order valence-electron chi connectivity index (χ2n) is 1.70. The maximum absolute atomic E-state index is 11.4. The number of hydrogen-bond donors (Lipinski definition) is 0. The van der Waals surface area contributed by atoms with E-state index in [1.807, 2.05) is 6.92 Å².